The van der Waals surface area contributed by atoms with E-state index in [-0.39, 0.29) is 28.6 Å². The number of amides is 2. The highest BCUT2D eigenvalue weighted by molar-refractivity contribution is 7.99. The fourth-order valence-corrected chi connectivity index (χ4v) is 4.57. The summed E-state index contributed by atoms with van der Waals surface area (Å²) in [7, 11) is 1.45. The number of rotatable bonds is 9. The first-order chi connectivity index (χ1) is 15.1. The van der Waals surface area contributed by atoms with Gasteiger partial charge in [0.2, 0.25) is 5.91 Å². The number of thioether (sulfide) groups is 1. The molecule has 1 aromatic heterocycles. The van der Waals surface area contributed by atoms with Crippen LogP contribution >= 0.6 is 23.1 Å². The smallest absolute Gasteiger partial charge is 0.398 e. The van der Waals surface area contributed by atoms with Crippen molar-refractivity contribution in [2.45, 2.75) is 24.9 Å². The fraction of sp³-hybridized carbons (Fsp3) is 0.350. The Morgan fingerprint density at radius 2 is 1.88 bits per heavy atom. The lowest BCUT2D eigenvalue weighted by Crippen LogP contribution is -2.23. The van der Waals surface area contributed by atoms with Gasteiger partial charge in [0.1, 0.15) is 5.00 Å². The second-order valence-electron chi connectivity index (χ2n) is 6.36. The molecule has 1 heterocycles. The van der Waals surface area contributed by atoms with Gasteiger partial charge in [-0.25, -0.2) is 4.79 Å². The van der Waals surface area contributed by atoms with Crippen molar-refractivity contribution in [2.75, 3.05) is 36.6 Å². The van der Waals surface area contributed by atoms with Crippen LogP contribution in [0.2, 0.25) is 0 Å². The van der Waals surface area contributed by atoms with E-state index < -0.39 is 29.7 Å². The monoisotopic (exact) mass is 489 g/mol. The van der Waals surface area contributed by atoms with E-state index in [1.54, 1.807) is 32.0 Å². The standard InChI is InChI=1S/C20H22F3N3O4S2/c1-4-30-19(29)15-11(2)16(17(28)24-3)32-18(15)26-14(27)9-25-12-7-5-6-8-13(12)31-10-20(21,22)23/h5-8,25H,4,9-10H2,1-3H3,(H,24,28)(H,26,27). The Bertz CT molecular complexity index is 993. The first-order valence-corrected chi connectivity index (χ1v) is 11.2. The Labute approximate surface area is 191 Å². The van der Waals surface area contributed by atoms with Crippen LogP contribution in [0.4, 0.5) is 23.9 Å². The minimum absolute atomic E-state index is 0.0879. The van der Waals surface area contributed by atoms with Crippen LogP contribution in [-0.2, 0) is 9.53 Å². The third-order valence-electron chi connectivity index (χ3n) is 4.03. The number of anilines is 2. The highest BCUT2D eigenvalue weighted by Crippen LogP contribution is 2.34. The summed E-state index contributed by atoms with van der Waals surface area (Å²) in [6, 6.07) is 6.32. The molecule has 0 radical (unpaired) electrons. The van der Waals surface area contributed by atoms with Gasteiger partial charge >= 0.3 is 12.1 Å². The SMILES string of the molecule is CCOC(=O)c1c(NC(=O)CNc2ccccc2SCC(F)(F)F)sc(C(=O)NC)c1C. The molecule has 0 atom stereocenters. The lowest BCUT2D eigenvalue weighted by molar-refractivity contribution is -0.114. The second-order valence-corrected chi connectivity index (χ2v) is 8.40. The number of para-hydroxylation sites is 1. The number of ether oxygens (including phenoxy) is 1. The molecule has 0 unspecified atom stereocenters. The summed E-state index contributed by atoms with van der Waals surface area (Å²) in [4.78, 5) is 37.5. The number of benzene rings is 1. The van der Waals surface area contributed by atoms with Crippen molar-refractivity contribution < 1.29 is 32.3 Å². The topological polar surface area (TPSA) is 96.5 Å². The molecule has 3 N–H and O–H groups in total. The van der Waals surface area contributed by atoms with E-state index in [1.807, 2.05) is 0 Å². The van der Waals surface area contributed by atoms with E-state index >= 15 is 0 Å². The number of alkyl halides is 3. The van der Waals surface area contributed by atoms with Crippen LogP contribution in [0.15, 0.2) is 29.2 Å². The number of thiophene rings is 1. The number of nitrogens with one attached hydrogen (secondary N) is 3. The average molecular weight is 490 g/mol. The molecule has 0 bridgehead atoms. The Kier molecular flexibility index (Phi) is 8.96. The molecule has 32 heavy (non-hydrogen) atoms. The van der Waals surface area contributed by atoms with E-state index in [9.17, 15) is 27.6 Å². The minimum atomic E-state index is -4.32. The maximum atomic E-state index is 12.5. The summed E-state index contributed by atoms with van der Waals surface area (Å²) in [5, 5.41) is 8.03. The van der Waals surface area contributed by atoms with Crippen molar-refractivity contribution in [1.82, 2.24) is 5.32 Å². The van der Waals surface area contributed by atoms with Crippen LogP contribution in [-0.4, -0.2) is 49.9 Å². The van der Waals surface area contributed by atoms with Crippen molar-refractivity contribution in [2.24, 2.45) is 0 Å². The van der Waals surface area contributed by atoms with Crippen LogP contribution in [0, 0.1) is 6.92 Å². The zero-order valence-electron chi connectivity index (χ0n) is 17.5. The van der Waals surface area contributed by atoms with Crippen molar-refractivity contribution in [3.63, 3.8) is 0 Å². The van der Waals surface area contributed by atoms with Gasteiger partial charge in [0.25, 0.3) is 5.91 Å². The Morgan fingerprint density at radius 3 is 2.50 bits per heavy atom. The minimum Gasteiger partial charge on any atom is -0.462 e. The predicted octanol–water partition coefficient (Wildman–Crippen LogP) is 4.30. The zero-order chi connectivity index (χ0) is 23.9. The maximum absolute atomic E-state index is 12.5. The molecular weight excluding hydrogens is 467 g/mol. The first-order valence-electron chi connectivity index (χ1n) is 9.42. The fourth-order valence-electron chi connectivity index (χ4n) is 2.63. The molecule has 0 aliphatic carbocycles. The second kappa shape index (κ2) is 11.2. The van der Waals surface area contributed by atoms with Gasteiger partial charge in [0, 0.05) is 17.6 Å². The Balaban J connectivity index is 2.15. The normalized spacial score (nSPS) is 11.1. The van der Waals surface area contributed by atoms with Gasteiger partial charge in [-0.15, -0.1) is 23.1 Å². The molecule has 0 saturated carbocycles. The van der Waals surface area contributed by atoms with Crippen molar-refractivity contribution in [1.29, 1.82) is 0 Å². The van der Waals surface area contributed by atoms with Crippen LogP contribution in [0.3, 0.4) is 0 Å². The van der Waals surface area contributed by atoms with Gasteiger partial charge < -0.3 is 20.7 Å². The van der Waals surface area contributed by atoms with Gasteiger partial charge in [0.05, 0.1) is 29.3 Å². The zero-order valence-corrected chi connectivity index (χ0v) is 19.1. The molecule has 0 aliphatic heterocycles. The summed E-state index contributed by atoms with van der Waals surface area (Å²) in [5.74, 6) is -2.69. The van der Waals surface area contributed by atoms with Crippen LogP contribution < -0.4 is 16.0 Å². The van der Waals surface area contributed by atoms with E-state index in [0.29, 0.717) is 27.9 Å². The van der Waals surface area contributed by atoms with Gasteiger partial charge in [-0.1, -0.05) is 12.1 Å². The van der Waals surface area contributed by atoms with Crippen LogP contribution in [0.25, 0.3) is 0 Å². The number of hydrogen-bond donors (Lipinski definition) is 3. The molecule has 174 valence electrons. The van der Waals surface area contributed by atoms with Crippen molar-refractivity contribution in [3.8, 4) is 0 Å². The predicted molar refractivity (Wildman–Crippen MR) is 119 cm³/mol. The maximum Gasteiger partial charge on any atom is 0.398 e. The Hall–Kier alpha value is -2.73. The quantitative estimate of drug-likeness (QED) is 0.359. The van der Waals surface area contributed by atoms with E-state index in [1.165, 1.54) is 13.1 Å². The highest BCUT2D eigenvalue weighted by atomic mass is 32.2. The van der Waals surface area contributed by atoms with E-state index in [4.69, 9.17) is 4.74 Å². The Morgan fingerprint density at radius 1 is 1.19 bits per heavy atom. The summed E-state index contributed by atoms with van der Waals surface area (Å²) in [6.45, 7) is 3.06. The third kappa shape index (κ3) is 6.89. The molecule has 12 heteroatoms. The first kappa shape index (κ1) is 25.5. The van der Waals surface area contributed by atoms with Crippen molar-refractivity contribution in [3.05, 3.63) is 40.3 Å². The highest BCUT2D eigenvalue weighted by Gasteiger charge is 2.28. The molecule has 0 saturated heterocycles. The summed E-state index contributed by atoms with van der Waals surface area (Å²) < 4.78 is 42.6. The summed E-state index contributed by atoms with van der Waals surface area (Å²) in [5.41, 5.74) is 0.839. The van der Waals surface area contributed by atoms with E-state index in [0.717, 1.165) is 11.3 Å². The summed E-state index contributed by atoms with van der Waals surface area (Å²) >= 11 is 1.54. The molecular formula is C20H22F3N3O4S2. The van der Waals surface area contributed by atoms with Gasteiger partial charge in [-0.2, -0.15) is 13.2 Å². The number of halogens is 3. The van der Waals surface area contributed by atoms with Crippen LogP contribution in [0.1, 0.15) is 32.5 Å². The van der Waals surface area contributed by atoms with Crippen LogP contribution in [0.5, 0.6) is 0 Å². The number of carbonyl (C=O) groups is 3. The summed E-state index contributed by atoms with van der Waals surface area (Å²) in [6.07, 6.45) is -4.32. The van der Waals surface area contributed by atoms with E-state index in [2.05, 4.69) is 16.0 Å². The average Bonchev–Trinajstić information content (AvgIpc) is 3.06. The molecule has 0 fully saturated rings. The molecule has 1 aromatic carbocycles. The van der Waals surface area contributed by atoms with Gasteiger partial charge in [-0.3, -0.25) is 9.59 Å². The lowest BCUT2D eigenvalue weighted by Gasteiger charge is -2.13. The molecule has 0 aliphatic rings. The largest absolute Gasteiger partial charge is 0.462 e. The lowest BCUT2D eigenvalue weighted by atomic mass is 10.1. The number of esters is 1. The molecule has 0 spiro atoms. The molecule has 7 nitrogen and oxygen atoms in total. The molecule has 2 amide bonds. The molecule has 2 aromatic rings. The molecule has 2 rings (SSSR count). The van der Waals surface area contributed by atoms with Gasteiger partial charge in [0.15, 0.2) is 0 Å². The van der Waals surface area contributed by atoms with Gasteiger partial charge in [-0.05, 0) is 31.5 Å². The van der Waals surface area contributed by atoms with Crippen molar-refractivity contribution >= 4 is 51.6 Å². The number of carbonyl (C=O) groups excluding carboxylic acids is 3. The third-order valence-corrected chi connectivity index (χ3v) is 6.38. The number of hydrogen-bond acceptors (Lipinski definition) is 7.